The molecule has 0 spiro atoms. The smallest absolute Gasteiger partial charge is 0.306 e. The van der Waals surface area contributed by atoms with Crippen molar-refractivity contribution in [1.82, 2.24) is 0 Å². The Kier molecular flexibility index (Phi) is 49.7. The van der Waals surface area contributed by atoms with Gasteiger partial charge >= 0.3 is 11.9 Å². The zero-order valence-electron chi connectivity index (χ0n) is 46.1. The lowest BCUT2D eigenvalue weighted by Crippen LogP contribution is -2.44. The fourth-order valence-corrected chi connectivity index (χ4v) is 7.47. The number of rotatable bonds is 51. The molecular formula is C62H105NO8. The van der Waals surface area contributed by atoms with E-state index in [2.05, 4.69) is 98.9 Å². The Balaban J connectivity index is 4.31. The zero-order valence-corrected chi connectivity index (χ0v) is 46.1. The van der Waals surface area contributed by atoms with Crippen LogP contribution in [0.1, 0.15) is 219 Å². The summed E-state index contributed by atoms with van der Waals surface area (Å²) in [6, 6.07) is 0. The van der Waals surface area contributed by atoms with Crippen molar-refractivity contribution in [2.45, 2.75) is 232 Å². The Hall–Kier alpha value is -3.79. The minimum Gasteiger partial charge on any atom is -0.545 e. The first-order valence-electron chi connectivity index (χ1n) is 28.4. The van der Waals surface area contributed by atoms with Crippen LogP contribution in [0, 0.1) is 0 Å². The van der Waals surface area contributed by atoms with Crippen molar-refractivity contribution in [2.24, 2.45) is 0 Å². The van der Waals surface area contributed by atoms with E-state index in [1.165, 1.54) is 122 Å². The third-order valence-electron chi connectivity index (χ3n) is 11.8. The molecule has 0 aliphatic carbocycles. The minimum atomic E-state index is -1.65. The van der Waals surface area contributed by atoms with Crippen LogP contribution in [0.4, 0.5) is 0 Å². The number of ether oxygens (including phenoxy) is 4. The van der Waals surface area contributed by atoms with Crippen molar-refractivity contribution in [3.05, 3.63) is 97.2 Å². The molecule has 0 aliphatic heterocycles. The van der Waals surface area contributed by atoms with E-state index >= 15 is 0 Å². The number of esters is 2. The average molecular weight is 993 g/mol. The Labute approximate surface area is 435 Å². The van der Waals surface area contributed by atoms with Gasteiger partial charge in [-0.2, -0.15) is 0 Å². The third kappa shape index (κ3) is 53.8. The topological polar surface area (TPSA) is 111 Å². The standard InChI is InChI=1S/C62H105NO8/c1-6-8-10-12-14-16-18-20-22-24-26-27-28-29-30-31-32-33-35-36-38-40-42-44-46-48-50-52-59(64)69-56-58(57-70-62(61(66)67)68-55-54-63(3,4)5)71-60(65)53-51-49-47-45-43-41-39-37-34-25-23-21-19-17-15-13-11-9-7-2/h9,11,15,17-18,20-21,23-24,26,34,37,41,43,47,49,58,62H,6-8,10,12-14,16,19,22,25,27-33,35-36,38-40,42,44-46,48,50-57H2,1-5H3/b11-9-,17-15-,20-18-,23-21-,26-24-,37-34-,43-41-,49-47-. The van der Waals surface area contributed by atoms with Crippen molar-refractivity contribution in [2.75, 3.05) is 47.5 Å². The molecule has 0 saturated carbocycles. The van der Waals surface area contributed by atoms with Gasteiger partial charge in [0.15, 0.2) is 12.4 Å². The molecule has 0 rings (SSSR count). The van der Waals surface area contributed by atoms with Crippen LogP contribution in [-0.4, -0.2) is 82.3 Å². The summed E-state index contributed by atoms with van der Waals surface area (Å²) in [5, 5.41) is 11.8. The lowest BCUT2D eigenvalue weighted by Gasteiger charge is -2.26. The first-order valence-corrected chi connectivity index (χ1v) is 28.4. The average Bonchev–Trinajstić information content (AvgIpc) is 3.34. The summed E-state index contributed by atoms with van der Waals surface area (Å²) >= 11 is 0. The molecule has 0 aromatic carbocycles. The van der Waals surface area contributed by atoms with Crippen LogP contribution in [-0.2, 0) is 33.3 Å². The van der Waals surface area contributed by atoms with E-state index in [1.807, 2.05) is 33.3 Å². The highest BCUT2D eigenvalue weighted by molar-refractivity contribution is 5.70. The number of quaternary nitrogens is 1. The monoisotopic (exact) mass is 992 g/mol. The molecule has 0 bridgehead atoms. The summed E-state index contributed by atoms with van der Waals surface area (Å²) in [4.78, 5) is 37.2. The highest BCUT2D eigenvalue weighted by atomic mass is 16.7. The van der Waals surface area contributed by atoms with Gasteiger partial charge in [0.25, 0.3) is 0 Å². The number of unbranched alkanes of at least 4 members (excludes halogenated alkanes) is 20. The van der Waals surface area contributed by atoms with Gasteiger partial charge in [0, 0.05) is 12.8 Å². The molecular weight excluding hydrogens is 887 g/mol. The number of carbonyl (C=O) groups excluding carboxylic acids is 3. The molecule has 0 radical (unpaired) electrons. The number of aliphatic carboxylic acids is 1. The number of nitrogens with zero attached hydrogens (tertiary/aromatic N) is 1. The van der Waals surface area contributed by atoms with Gasteiger partial charge in [0.05, 0.1) is 40.3 Å². The zero-order chi connectivity index (χ0) is 52.0. The number of carboxylic acid groups (broad SMARTS) is 1. The van der Waals surface area contributed by atoms with Crippen LogP contribution in [0.2, 0.25) is 0 Å². The molecule has 2 unspecified atom stereocenters. The maximum absolute atomic E-state index is 12.8. The van der Waals surface area contributed by atoms with Gasteiger partial charge in [-0.25, -0.2) is 0 Å². The van der Waals surface area contributed by atoms with Gasteiger partial charge in [-0.05, 0) is 83.5 Å². The molecule has 0 aliphatic rings. The molecule has 0 amide bonds. The van der Waals surface area contributed by atoms with Crippen LogP contribution in [0.3, 0.4) is 0 Å². The summed E-state index contributed by atoms with van der Waals surface area (Å²) in [5.74, 6) is -2.40. The Morgan fingerprint density at radius 2 is 0.831 bits per heavy atom. The van der Waals surface area contributed by atoms with E-state index in [0.29, 0.717) is 17.4 Å². The van der Waals surface area contributed by atoms with E-state index in [0.717, 1.165) is 64.2 Å². The Morgan fingerprint density at radius 1 is 0.437 bits per heavy atom. The van der Waals surface area contributed by atoms with E-state index < -0.39 is 24.3 Å². The van der Waals surface area contributed by atoms with Crippen molar-refractivity contribution in [1.29, 1.82) is 0 Å². The first kappa shape index (κ1) is 67.2. The number of carboxylic acids is 1. The second-order valence-electron chi connectivity index (χ2n) is 19.8. The highest BCUT2D eigenvalue weighted by Gasteiger charge is 2.21. The van der Waals surface area contributed by atoms with E-state index in [4.69, 9.17) is 18.9 Å². The lowest BCUT2D eigenvalue weighted by atomic mass is 10.0. The van der Waals surface area contributed by atoms with Crippen molar-refractivity contribution < 1.29 is 42.9 Å². The Bertz CT molecular complexity index is 1480. The van der Waals surface area contributed by atoms with Crippen molar-refractivity contribution >= 4 is 17.9 Å². The summed E-state index contributed by atoms with van der Waals surface area (Å²) in [5.41, 5.74) is 0. The first-order chi connectivity index (χ1) is 34.6. The molecule has 0 N–H and O–H groups in total. The normalized spacial score (nSPS) is 13.5. The molecule has 0 saturated heterocycles. The molecule has 9 nitrogen and oxygen atoms in total. The van der Waals surface area contributed by atoms with Gasteiger partial charge < -0.3 is 33.3 Å². The van der Waals surface area contributed by atoms with E-state index in [-0.39, 0.29) is 38.6 Å². The number of hydrogen-bond donors (Lipinski definition) is 0. The second-order valence-corrected chi connectivity index (χ2v) is 19.8. The molecule has 71 heavy (non-hydrogen) atoms. The number of allylic oxidation sites excluding steroid dienone is 16. The molecule has 0 aromatic rings. The quantitative estimate of drug-likeness (QED) is 0.0195. The maximum Gasteiger partial charge on any atom is 0.306 e. The molecule has 9 heteroatoms. The number of hydrogen-bond acceptors (Lipinski definition) is 8. The highest BCUT2D eigenvalue weighted by Crippen LogP contribution is 2.15. The predicted octanol–water partition coefficient (Wildman–Crippen LogP) is 15.2. The fraction of sp³-hybridized carbons (Fsp3) is 0.694. The maximum atomic E-state index is 12.8. The number of carbonyl (C=O) groups is 3. The van der Waals surface area contributed by atoms with Crippen molar-refractivity contribution in [3.63, 3.8) is 0 Å². The molecule has 0 aromatic heterocycles. The number of likely N-dealkylation sites (N-methyl/N-ethyl adjacent to an activating group) is 1. The van der Waals surface area contributed by atoms with Crippen LogP contribution >= 0.6 is 0 Å². The lowest BCUT2D eigenvalue weighted by molar-refractivity contribution is -0.870. The van der Waals surface area contributed by atoms with Crippen LogP contribution < -0.4 is 5.11 Å². The van der Waals surface area contributed by atoms with Gasteiger partial charge in [-0.15, -0.1) is 0 Å². The molecule has 406 valence electrons. The van der Waals surface area contributed by atoms with E-state index in [9.17, 15) is 19.5 Å². The largest absolute Gasteiger partial charge is 0.545 e. The van der Waals surface area contributed by atoms with Gasteiger partial charge in [0.2, 0.25) is 0 Å². The van der Waals surface area contributed by atoms with E-state index in [1.54, 1.807) is 0 Å². The van der Waals surface area contributed by atoms with Gasteiger partial charge in [0.1, 0.15) is 13.2 Å². The second kappa shape index (κ2) is 52.5. The SMILES string of the molecule is CC/C=C\C/C=C\C/C=C\C/C=C\C/C=C\C/C=C\CCC(=O)OC(COC(=O)CCCCCCCCCCCCCCCCC/C=C\C/C=C\CCCCCCC)COC(OCC[N+](C)(C)C)C(=O)[O-]. The molecule has 0 fully saturated rings. The summed E-state index contributed by atoms with van der Waals surface area (Å²) in [6.45, 7) is 4.53. The fourth-order valence-electron chi connectivity index (χ4n) is 7.47. The third-order valence-corrected chi connectivity index (χ3v) is 11.8. The van der Waals surface area contributed by atoms with Gasteiger partial charge in [-0.3, -0.25) is 9.59 Å². The summed E-state index contributed by atoms with van der Waals surface area (Å²) in [6.07, 6.45) is 67.6. The predicted molar refractivity (Wildman–Crippen MR) is 297 cm³/mol. The van der Waals surface area contributed by atoms with Crippen LogP contribution in [0.5, 0.6) is 0 Å². The minimum absolute atomic E-state index is 0.118. The van der Waals surface area contributed by atoms with Crippen LogP contribution in [0.25, 0.3) is 0 Å². The Morgan fingerprint density at radius 3 is 1.25 bits per heavy atom. The van der Waals surface area contributed by atoms with Gasteiger partial charge in [-0.1, -0.05) is 220 Å². The summed E-state index contributed by atoms with van der Waals surface area (Å²) in [7, 11) is 5.89. The van der Waals surface area contributed by atoms with Crippen molar-refractivity contribution in [3.8, 4) is 0 Å². The molecule has 0 heterocycles. The van der Waals surface area contributed by atoms with Crippen LogP contribution in [0.15, 0.2) is 97.2 Å². The molecule has 2 atom stereocenters. The summed E-state index contributed by atoms with van der Waals surface area (Å²) < 4.78 is 22.6.